The minimum atomic E-state index is -0.140. The van der Waals surface area contributed by atoms with Gasteiger partial charge in [-0.05, 0) is 47.9 Å². The zero-order valence-electron chi connectivity index (χ0n) is 13.8. The predicted octanol–water partition coefficient (Wildman–Crippen LogP) is 4.06. The number of phenols is 1. The first-order valence-electron chi connectivity index (χ1n) is 7.99. The van der Waals surface area contributed by atoms with Crippen LogP contribution in [0.2, 0.25) is 0 Å². The Labute approximate surface area is 145 Å². The molecule has 2 N–H and O–H groups in total. The van der Waals surface area contributed by atoms with Crippen LogP contribution in [0.25, 0.3) is 0 Å². The summed E-state index contributed by atoms with van der Waals surface area (Å²) in [5.41, 5.74) is 1.81. The van der Waals surface area contributed by atoms with Crippen molar-refractivity contribution in [1.82, 2.24) is 0 Å². The standard InChI is InChI=1S/C20H19NO4/c1-25-17-4-2-3-13(9-17)14-10-19(23)18(20(24)11-14)12-21-15-5-7-16(22)8-6-15/h2-9,12,14,22-23H,10-11H2,1H3. The smallest absolute Gasteiger partial charge is 0.168 e. The van der Waals surface area contributed by atoms with E-state index in [0.717, 1.165) is 11.3 Å². The van der Waals surface area contributed by atoms with Gasteiger partial charge < -0.3 is 14.9 Å². The van der Waals surface area contributed by atoms with E-state index in [1.165, 1.54) is 18.3 Å². The fraction of sp³-hybridized carbons (Fsp3) is 0.200. The molecule has 1 aliphatic carbocycles. The molecule has 0 aromatic heterocycles. The number of carbonyl (C=O) groups excluding carboxylic acids is 1. The second-order valence-electron chi connectivity index (χ2n) is 5.94. The van der Waals surface area contributed by atoms with E-state index in [1.807, 2.05) is 24.3 Å². The Bertz CT molecular complexity index is 837. The highest BCUT2D eigenvalue weighted by molar-refractivity contribution is 6.15. The lowest BCUT2D eigenvalue weighted by Gasteiger charge is -2.22. The van der Waals surface area contributed by atoms with Crippen LogP contribution in [0.3, 0.4) is 0 Å². The zero-order chi connectivity index (χ0) is 17.8. The number of Topliss-reactive ketones (excluding diaryl/α,β-unsaturated/α-hetero) is 1. The van der Waals surface area contributed by atoms with Gasteiger partial charge in [0.25, 0.3) is 0 Å². The third kappa shape index (κ3) is 3.88. The number of aliphatic hydroxyl groups is 1. The highest BCUT2D eigenvalue weighted by Crippen LogP contribution is 2.34. The molecular formula is C20H19NO4. The summed E-state index contributed by atoms with van der Waals surface area (Å²) in [6.07, 6.45) is 2.09. The number of aromatic hydroxyl groups is 1. The molecule has 0 saturated heterocycles. The quantitative estimate of drug-likeness (QED) is 0.825. The number of ketones is 1. The number of methoxy groups -OCH3 is 1. The van der Waals surface area contributed by atoms with Gasteiger partial charge in [-0.3, -0.25) is 9.79 Å². The average molecular weight is 337 g/mol. The third-order valence-corrected chi connectivity index (χ3v) is 4.24. The van der Waals surface area contributed by atoms with E-state index >= 15 is 0 Å². The van der Waals surface area contributed by atoms with E-state index in [2.05, 4.69) is 4.99 Å². The van der Waals surface area contributed by atoms with Crippen molar-refractivity contribution in [3.8, 4) is 11.5 Å². The fourth-order valence-corrected chi connectivity index (χ4v) is 2.87. The summed E-state index contributed by atoms with van der Waals surface area (Å²) >= 11 is 0. The van der Waals surface area contributed by atoms with Gasteiger partial charge in [0.15, 0.2) is 5.78 Å². The van der Waals surface area contributed by atoms with Crippen LogP contribution in [0.5, 0.6) is 11.5 Å². The molecule has 1 aliphatic rings. The van der Waals surface area contributed by atoms with Gasteiger partial charge in [-0.1, -0.05) is 12.1 Å². The number of aliphatic hydroxyl groups excluding tert-OH is 1. The van der Waals surface area contributed by atoms with Gasteiger partial charge in [0.05, 0.1) is 18.4 Å². The fourth-order valence-electron chi connectivity index (χ4n) is 2.87. The highest BCUT2D eigenvalue weighted by atomic mass is 16.5. The Morgan fingerprint density at radius 2 is 1.88 bits per heavy atom. The lowest BCUT2D eigenvalue weighted by molar-refractivity contribution is -0.116. The molecule has 1 atom stereocenters. The number of hydrogen-bond donors (Lipinski definition) is 2. The Morgan fingerprint density at radius 1 is 1.12 bits per heavy atom. The number of benzene rings is 2. The molecule has 0 radical (unpaired) electrons. The maximum Gasteiger partial charge on any atom is 0.168 e. The van der Waals surface area contributed by atoms with Crippen LogP contribution >= 0.6 is 0 Å². The largest absolute Gasteiger partial charge is 0.511 e. The van der Waals surface area contributed by atoms with Gasteiger partial charge >= 0.3 is 0 Å². The molecule has 1 unspecified atom stereocenters. The van der Waals surface area contributed by atoms with Gasteiger partial charge in [-0.2, -0.15) is 0 Å². The van der Waals surface area contributed by atoms with Crippen molar-refractivity contribution in [2.24, 2.45) is 4.99 Å². The number of rotatable bonds is 4. The molecule has 0 fully saturated rings. The van der Waals surface area contributed by atoms with Crippen LogP contribution in [-0.2, 0) is 4.79 Å². The van der Waals surface area contributed by atoms with Crippen LogP contribution in [0.1, 0.15) is 24.3 Å². The highest BCUT2D eigenvalue weighted by Gasteiger charge is 2.28. The van der Waals surface area contributed by atoms with E-state index in [4.69, 9.17) is 4.74 Å². The van der Waals surface area contributed by atoms with Crippen LogP contribution < -0.4 is 4.74 Å². The molecule has 0 bridgehead atoms. The van der Waals surface area contributed by atoms with Gasteiger partial charge in [0.1, 0.15) is 17.3 Å². The number of ether oxygens (including phenoxy) is 1. The van der Waals surface area contributed by atoms with Crippen molar-refractivity contribution in [3.05, 3.63) is 65.4 Å². The van der Waals surface area contributed by atoms with E-state index in [-0.39, 0.29) is 28.8 Å². The molecule has 0 heterocycles. The van der Waals surface area contributed by atoms with Crippen LogP contribution in [0.4, 0.5) is 5.69 Å². The Balaban J connectivity index is 1.80. The molecule has 3 rings (SSSR count). The van der Waals surface area contributed by atoms with Gasteiger partial charge in [0.2, 0.25) is 0 Å². The summed E-state index contributed by atoms with van der Waals surface area (Å²) in [7, 11) is 1.60. The summed E-state index contributed by atoms with van der Waals surface area (Å²) in [6.45, 7) is 0. The zero-order valence-corrected chi connectivity index (χ0v) is 13.8. The molecule has 0 amide bonds. The normalized spacial score (nSPS) is 18.0. The van der Waals surface area contributed by atoms with Crippen LogP contribution in [-0.4, -0.2) is 29.3 Å². The van der Waals surface area contributed by atoms with Crippen molar-refractivity contribution in [2.45, 2.75) is 18.8 Å². The summed E-state index contributed by atoms with van der Waals surface area (Å²) in [5.74, 6) is 0.711. The van der Waals surface area contributed by atoms with E-state index in [0.29, 0.717) is 18.5 Å². The number of allylic oxidation sites excluding steroid dienone is 2. The average Bonchev–Trinajstić information content (AvgIpc) is 2.62. The summed E-state index contributed by atoms with van der Waals surface area (Å²) < 4.78 is 5.22. The topological polar surface area (TPSA) is 79.1 Å². The minimum Gasteiger partial charge on any atom is -0.511 e. The molecule has 2 aromatic carbocycles. The molecule has 0 spiro atoms. The molecule has 0 saturated carbocycles. The van der Waals surface area contributed by atoms with Gasteiger partial charge in [-0.25, -0.2) is 0 Å². The van der Waals surface area contributed by atoms with Crippen molar-refractivity contribution in [3.63, 3.8) is 0 Å². The molecule has 5 nitrogen and oxygen atoms in total. The van der Waals surface area contributed by atoms with Crippen molar-refractivity contribution in [1.29, 1.82) is 0 Å². The van der Waals surface area contributed by atoms with Crippen LogP contribution in [0, 0.1) is 0 Å². The minimum absolute atomic E-state index is 0.0478. The summed E-state index contributed by atoms with van der Waals surface area (Å²) in [5, 5.41) is 19.6. The number of phenolic OH excluding ortho intramolecular Hbond substituents is 1. The molecule has 25 heavy (non-hydrogen) atoms. The Hall–Kier alpha value is -3.08. The van der Waals surface area contributed by atoms with Crippen molar-refractivity contribution in [2.75, 3.05) is 7.11 Å². The number of aliphatic imine (C=N–C) groups is 1. The maximum absolute atomic E-state index is 12.4. The molecule has 2 aromatic rings. The Kier molecular flexibility index (Phi) is 4.84. The van der Waals surface area contributed by atoms with E-state index < -0.39 is 0 Å². The number of nitrogens with zero attached hydrogens (tertiary/aromatic N) is 1. The molecule has 128 valence electrons. The molecule has 0 aliphatic heterocycles. The number of hydrogen-bond acceptors (Lipinski definition) is 5. The lowest BCUT2D eigenvalue weighted by Crippen LogP contribution is -2.19. The number of carbonyl (C=O) groups is 1. The SMILES string of the molecule is COc1cccc(C2CC(=O)C(C=Nc3ccc(O)cc3)=C(O)C2)c1. The van der Waals surface area contributed by atoms with E-state index in [1.54, 1.807) is 19.2 Å². The first kappa shape index (κ1) is 16.8. The molecule has 5 heteroatoms. The van der Waals surface area contributed by atoms with Gasteiger partial charge in [-0.15, -0.1) is 0 Å². The van der Waals surface area contributed by atoms with E-state index in [9.17, 15) is 15.0 Å². The molecular weight excluding hydrogens is 318 g/mol. The summed E-state index contributed by atoms with van der Waals surface area (Å²) in [6, 6.07) is 13.8. The second kappa shape index (κ2) is 7.21. The van der Waals surface area contributed by atoms with Crippen LogP contribution in [0.15, 0.2) is 64.9 Å². The monoisotopic (exact) mass is 337 g/mol. The Morgan fingerprint density at radius 3 is 2.56 bits per heavy atom. The second-order valence-corrected chi connectivity index (χ2v) is 5.94. The third-order valence-electron chi connectivity index (χ3n) is 4.24. The maximum atomic E-state index is 12.4. The van der Waals surface area contributed by atoms with Gasteiger partial charge in [0, 0.05) is 19.1 Å². The first-order chi connectivity index (χ1) is 12.1. The summed E-state index contributed by atoms with van der Waals surface area (Å²) in [4.78, 5) is 16.6. The first-order valence-corrected chi connectivity index (χ1v) is 7.99. The van der Waals surface area contributed by atoms with Crippen molar-refractivity contribution >= 4 is 17.7 Å². The lowest BCUT2D eigenvalue weighted by atomic mass is 9.83. The van der Waals surface area contributed by atoms with Crippen molar-refractivity contribution < 1.29 is 19.7 Å². The predicted molar refractivity (Wildman–Crippen MR) is 95.9 cm³/mol.